The SMILES string of the molecule is CCC(C)CC(=O)c1cccc(C(F)(F)F)c1. The molecule has 0 spiro atoms. The molecule has 0 fully saturated rings. The van der Waals surface area contributed by atoms with Crippen molar-refractivity contribution in [3.63, 3.8) is 0 Å². The lowest BCUT2D eigenvalue weighted by Crippen LogP contribution is -2.09. The van der Waals surface area contributed by atoms with Crippen molar-refractivity contribution in [2.75, 3.05) is 0 Å². The number of hydrogen-bond donors (Lipinski definition) is 0. The van der Waals surface area contributed by atoms with E-state index in [9.17, 15) is 18.0 Å². The number of halogens is 3. The van der Waals surface area contributed by atoms with Gasteiger partial charge in [-0.05, 0) is 18.1 Å². The Labute approximate surface area is 98.6 Å². The van der Waals surface area contributed by atoms with E-state index < -0.39 is 11.7 Å². The molecule has 0 N–H and O–H groups in total. The molecule has 1 nitrogen and oxygen atoms in total. The van der Waals surface area contributed by atoms with Crippen molar-refractivity contribution in [1.82, 2.24) is 0 Å². The van der Waals surface area contributed by atoms with Gasteiger partial charge in [0, 0.05) is 12.0 Å². The minimum atomic E-state index is -4.40. The average molecular weight is 244 g/mol. The smallest absolute Gasteiger partial charge is 0.294 e. The lowest BCUT2D eigenvalue weighted by Gasteiger charge is -2.10. The molecule has 0 bridgehead atoms. The van der Waals surface area contributed by atoms with Gasteiger partial charge in [-0.25, -0.2) is 0 Å². The third-order valence-electron chi connectivity index (χ3n) is 2.74. The van der Waals surface area contributed by atoms with Crippen LogP contribution in [0.15, 0.2) is 24.3 Å². The Kier molecular flexibility index (Phi) is 4.32. The Bertz CT molecular complexity index is 396. The van der Waals surface area contributed by atoms with E-state index in [1.54, 1.807) is 0 Å². The molecule has 0 saturated carbocycles. The first-order valence-corrected chi connectivity index (χ1v) is 5.55. The molecule has 1 aromatic rings. The molecule has 0 saturated heterocycles. The fraction of sp³-hybridized carbons (Fsp3) is 0.462. The maximum atomic E-state index is 12.4. The van der Waals surface area contributed by atoms with Crippen LogP contribution in [0.5, 0.6) is 0 Å². The third kappa shape index (κ3) is 3.88. The van der Waals surface area contributed by atoms with Gasteiger partial charge in [-0.1, -0.05) is 32.4 Å². The Morgan fingerprint density at radius 2 is 2.00 bits per heavy atom. The predicted octanol–water partition coefficient (Wildman–Crippen LogP) is 4.32. The molecule has 1 rings (SSSR count). The second-order valence-electron chi connectivity index (χ2n) is 4.22. The fourth-order valence-corrected chi connectivity index (χ4v) is 1.45. The summed E-state index contributed by atoms with van der Waals surface area (Å²) in [5.41, 5.74) is -0.632. The molecule has 0 aliphatic carbocycles. The van der Waals surface area contributed by atoms with Crippen LogP contribution in [-0.4, -0.2) is 5.78 Å². The van der Waals surface area contributed by atoms with Gasteiger partial charge in [0.25, 0.3) is 0 Å². The zero-order valence-electron chi connectivity index (χ0n) is 9.84. The van der Waals surface area contributed by atoms with E-state index in [4.69, 9.17) is 0 Å². The minimum Gasteiger partial charge on any atom is -0.294 e. The first-order valence-electron chi connectivity index (χ1n) is 5.55. The highest BCUT2D eigenvalue weighted by molar-refractivity contribution is 5.96. The number of alkyl halides is 3. The molecule has 4 heteroatoms. The van der Waals surface area contributed by atoms with Crippen molar-refractivity contribution in [2.24, 2.45) is 5.92 Å². The van der Waals surface area contributed by atoms with Crippen molar-refractivity contribution in [1.29, 1.82) is 0 Å². The van der Waals surface area contributed by atoms with Gasteiger partial charge in [-0.15, -0.1) is 0 Å². The van der Waals surface area contributed by atoms with Gasteiger partial charge < -0.3 is 0 Å². The van der Waals surface area contributed by atoms with Crippen LogP contribution in [0.2, 0.25) is 0 Å². The summed E-state index contributed by atoms with van der Waals surface area (Å²) in [4.78, 5) is 11.7. The zero-order valence-corrected chi connectivity index (χ0v) is 9.84. The molecule has 0 aromatic heterocycles. The van der Waals surface area contributed by atoms with Crippen LogP contribution < -0.4 is 0 Å². The van der Waals surface area contributed by atoms with E-state index in [0.717, 1.165) is 18.6 Å². The van der Waals surface area contributed by atoms with Gasteiger partial charge in [-0.2, -0.15) is 13.2 Å². The molecule has 0 radical (unpaired) electrons. The van der Waals surface area contributed by atoms with Crippen LogP contribution in [-0.2, 0) is 6.18 Å². The number of hydrogen-bond acceptors (Lipinski definition) is 1. The van der Waals surface area contributed by atoms with Gasteiger partial charge in [0.15, 0.2) is 5.78 Å². The summed E-state index contributed by atoms with van der Waals surface area (Å²) < 4.78 is 37.3. The van der Waals surface area contributed by atoms with E-state index in [-0.39, 0.29) is 23.7 Å². The van der Waals surface area contributed by atoms with Gasteiger partial charge in [0.1, 0.15) is 0 Å². The fourth-order valence-electron chi connectivity index (χ4n) is 1.45. The van der Waals surface area contributed by atoms with Gasteiger partial charge in [0.05, 0.1) is 5.56 Å². The minimum absolute atomic E-state index is 0.139. The van der Waals surface area contributed by atoms with E-state index in [0.29, 0.717) is 0 Å². The number of Topliss-reactive ketones (excluding diaryl/α,β-unsaturated/α-hetero) is 1. The molecule has 94 valence electrons. The van der Waals surface area contributed by atoms with Crippen molar-refractivity contribution in [2.45, 2.75) is 32.9 Å². The van der Waals surface area contributed by atoms with Crippen LogP contribution in [0.1, 0.15) is 42.6 Å². The molecular weight excluding hydrogens is 229 g/mol. The Hall–Kier alpha value is -1.32. The monoisotopic (exact) mass is 244 g/mol. The Morgan fingerprint density at radius 3 is 2.53 bits per heavy atom. The number of ketones is 1. The van der Waals surface area contributed by atoms with Gasteiger partial charge >= 0.3 is 6.18 Å². The summed E-state index contributed by atoms with van der Waals surface area (Å²) in [6.45, 7) is 3.86. The summed E-state index contributed by atoms with van der Waals surface area (Å²) in [5.74, 6) is -0.0394. The Morgan fingerprint density at radius 1 is 1.35 bits per heavy atom. The average Bonchev–Trinajstić information content (AvgIpc) is 2.28. The summed E-state index contributed by atoms with van der Waals surface area (Å²) in [6.07, 6.45) is -3.27. The largest absolute Gasteiger partial charge is 0.416 e. The number of rotatable bonds is 4. The Balaban J connectivity index is 2.89. The van der Waals surface area contributed by atoms with Crippen molar-refractivity contribution in [3.8, 4) is 0 Å². The summed E-state index contributed by atoms with van der Waals surface area (Å²) in [6, 6.07) is 4.59. The quantitative estimate of drug-likeness (QED) is 0.721. The summed E-state index contributed by atoms with van der Waals surface area (Å²) in [7, 11) is 0. The zero-order chi connectivity index (χ0) is 13.1. The van der Waals surface area contributed by atoms with Gasteiger partial charge in [-0.3, -0.25) is 4.79 Å². The molecule has 0 amide bonds. The highest BCUT2D eigenvalue weighted by atomic mass is 19.4. The predicted molar refractivity (Wildman–Crippen MR) is 59.8 cm³/mol. The molecule has 0 aliphatic heterocycles. The maximum absolute atomic E-state index is 12.4. The van der Waals surface area contributed by atoms with Crippen molar-refractivity contribution < 1.29 is 18.0 Å². The summed E-state index contributed by atoms with van der Waals surface area (Å²) in [5, 5.41) is 0. The maximum Gasteiger partial charge on any atom is 0.416 e. The second kappa shape index (κ2) is 5.34. The van der Waals surface area contributed by atoms with Crippen molar-refractivity contribution in [3.05, 3.63) is 35.4 Å². The van der Waals surface area contributed by atoms with E-state index in [1.165, 1.54) is 12.1 Å². The molecule has 0 aliphatic rings. The topological polar surface area (TPSA) is 17.1 Å². The molecule has 0 heterocycles. The summed E-state index contributed by atoms with van der Waals surface area (Å²) >= 11 is 0. The first kappa shape index (κ1) is 13.7. The normalized spacial score (nSPS) is 13.5. The van der Waals surface area contributed by atoms with Crippen LogP contribution in [0.25, 0.3) is 0 Å². The van der Waals surface area contributed by atoms with Crippen LogP contribution in [0, 0.1) is 5.92 Å². The number of carbonyl (C=O) groups is 1. The molecule has 1 unspecified atom stereocenters. The highest BCUT2D eigenvalue weighted by Crippen LogP contribution is 2.29. The third-order valence-corrected chi connectivity index (χ3v) is 2.74. The first-order chi connectivity index (χ1) is 7.84. The van der Waals surface area contributed by atoms with Crippen LogP contribution in [0.4, 0.5) is 13.2 Å². The van der Waals surface area contributed by atoms with E-state index >= 15 is 0 Å². The molecule has 1 aromatic carbocycles. The van der Waals surface area contributed by atoms with E-state index in [1.807, 2.05) is 13.8 Å². The number of benzene rings is 1. The van der Waals surface area contributed by atoms with Gasteiger partial charge in [0.2, 0.25) is 0 Å². The standard InChI is InChI=1S/C13H15F3O/c1-3-9(2)7-12(17)10-5-4-6-11(8-10)13(14,15)16/h4-6,8-9H,3,7H2,1-2H3. The lowest BCUT2D eigenvalue weighted by atomic mass is 9.97. The highest BCUT2D eigenvalue weighted by Gasteiger charge is 2.30. The second-order valence-corrected chi connectivity index (χ2v) is 4.22. The molecular formula is C13H15F3O. The lowest BCUT2D eigenvalue weighted by molar-refractivity contribution is -0.137. The van der Waals surface area contributed by atoms with Crippen LogP contribution >= 0.6 is 0 Å². The van der Waals surface area contributed by atoms with E-state index in [2.05, 4.69) is 0 Å². The van der Waals surface area contributed by atoms with Crippen LogP contribution in [0.3, 0.4) is 0 Å². The van der Waals surface area contributed by atoms with Crippen molar-refractivity contribution >= 4 is 5.78 Å². The number of carbonyl (C=O) groups excluding carboxylic acids is 1. The molecule has 17 heavy (non-hydrogen) atoms. The molecule has 1 atom stereocenters.